The van der Waals surface area contributed by atoms with E-state index in [2.05, 4.69) is 0 Å². The second-order valence-electron chi connectivity index (χ2n) is 4.26. The van der Waals surface area contributed by atoms with E-state index in [0.717, 1.165) is 5.56 Å². The molecule has 0 saturated carbocycles. The van der Waals surface area contributed by atoms with Gasteiger partial charge in [0.15, 0.2) is 6.23 Å². The fourth-order valence-corrected chi connectivity index (χ4v) is 2.22. The second kappa shape index (κ2) is 5.12. The van der Waals surface area contributed by atoms with Crippen molar-refractivity contribution in [2.75, 3.05) is 0 Å². The maximum absolute atomic E-state index is 11.4. The van der Waals surface area contributed by atoms with Crippen molar-refractivity contribution in [3.63, 3.8) is 0 Å². The minimum Gasteiger partial charge on any atom is -0.547 e. The maximum Gasteiger partial charge on any atom is 1.00 e. The van der Waals surface area contributed by atoms with Crippen molar-refractivity contribution in [2.24, 2.45) is 0 Å². The number of hydrogen-bond donors (Lipinski definition) is 0. The largest absolute Gasteiger partial charge is 1.00 e. The molecule has 2 unspecified atom stereocenters. The van der Waals surface area contributed by atoms with E-state index < -0.39 is 18.2 Å². The molecule has 2 aliphatic heterocycles. The number of rotatable bonds is 2. The third-order valence-electron chi connectivity index (χ3n) is 3.10. The summed E-state index contributed by atoms with van der Waals surface area (Å²) in [7, 11) is 0. The number of aliphatic carboxylic acids is 1. The number of fused-ring (bicyclic) bond motifs is 1. The molecule has 0 radical (unpaired) electrons. The van der Waals surface area contributed by atoms with Gasteiger partial charge in [-0.15, -0.1) is 0 Å². The molecule has 0 aromatic heterocycles. The normalized spacial score (nSPS) is 26.2. The predicted octanol–water partition coefficient (Wildman–Crippen LogP) is -3.26. The summed E-state index contributed by atoms with van der Waals surface area (Å²) in [5, 5.41) is 11.1. The van der Waals surface area contributed by atoms with Gasteiger partial charge in [-0.2, -0.15) is 0 Å². The quantitative estimate of drug-likeness (QED) is 0.408. The van der Waals surface area contributed by atoms with Crippen LogP contribution in [0.2, 0.25) is 0 Å². The van der Waals surface area contributed by atoms with Crippen molar-refractivity contribution in [1.82, 2.24) is 4.90 Å². The summed E-state index contributed by atoms with van der Waals surface area (Å²) in [6, 6.07) is 8.12. The van der Waals surface area contributed by atoms with Gasteiger partial charge in [-0.05, 0) is 11.6 Å². The minimum absolute atomic E-state index is 0. The zero-order valence-electron chi connectivity index (χ0n) is 10.4. The van der Waals surface area contributed by atoms with E-state index in [1.807, 2.05) is 30.3 Å². The van der Waals surface area contributed by atoms with Gasteiger partial charge in [0.25, 0.3) is 0 Å². The number of hydrogen-bond acceptors (Lipinski definition) is 4. The monoisotopic (exact) mass is 251 g/mol. The topological polar surface area (TPSA) is 69.7 Å². The van der Waals surface area contributed by atoms with Crippen LogP contribution in [0.15, 0.2) is 36.1 Å². The van der Waals surface area contributed by atoms with Crippen molar-refractivity contribution in [2.45, 2.75) is 18.7 Å². The summed E-state index contributed by atoms with van der Waals surface area (Å²) in [6.07, 6.45) is 1.41. The van der Waals surface area contributed by atoms with Crippen molar-refractivity contribution in [3.05, 3.63) is 41.7 Å². The van der Waals surface area contributed by atoms with Crippen molar-refractivity contribution in [1.29, 1.82) is 0 Å². The Hall–Kier alpha value is -1.70. The van der Waals surface area contributed by atoms with Gasteiger partial charge in [0, 0.05) is 0 Å². The predicted molar refractivity (Wildman–Crippen MR) is 59.6 cm³/mol. The van der Waals surface area contributed by atoms with E-state index in [-0.39, 0.29) is 36.9 Å². The van der Waals surface area contributed by atoms with E-state index in [4.69, 9.17) is 4.74 Å². The molecule has 1 aromatic rings. The van der Waals surface area contributed by atoms with Crippen LogP contribution in [0.1, 0.15) is 12.0 Å². The molecule has 0 bridgehead atoms. The molecule has 1 aromatic carbocycles. The first kappa shape index (κ1) is 13.7. The maximum atomic E-state index is 11.4. The Labute approximate surface area is 122 Å². The number of carbonyl (C=O) groups excluding carboxylic acids is 2. The van der Waals surface area contributed by atoms with E-state index >= 15 is 0 Å². The van der Waals surface area contributed by atoms with Crippen molar-refractivity contribution >= 4 is 18.0 Å². The Morgan fingerprint density at radius 3 is 2.63 bits per heavy atom. The second-order valence-corrected chi connectivity index (χ2v) is 4.26. The van der Waals surface area contributed by atoms with E-state index in [1.165, 1.54) is 4.90 Å². The zero-order valence-corrected chi connectivity index (χ0v) is 10.4. The molecule has 6 heteroatoms. The third kappa shape index (κ3) is 2.27. The van der Waals surface area contributed by atoms with Gasteiger partial charge in [0.1, 0.15) is 11.8 Å². The molecule has 3 rings (SSSR count). The number of carboxylic acids is 1. The summed E-state index contributed by atoms with van der Waals surface area (Å²) >= 11 is 0. The number of nitrogens with zero attached hydrogens (tertiary/aromatic N) is 1. The molecule has 0 N–H and O–H groups in total. The number of ether oxygens (including phenoxy) is 1. The first-order chi connectivity index (χ1) is 8.66. The summed E-state index contributed by atoms with van der Waals surface area (Å²) in [4.78, 5) is 23.7. The van der Waals surface area contributed by atoms with Crippen molar-refractivity contribution < 1.29 is 38.3 Å². The van der Waals surface area contributed by atoms with Gasteiger partial charge in [0.2, 0.25) is 5.91 Å². The van der Waals surface area contributed by atoms with Gasteiger partial charge in [0.05, 0.1) is 12.4 Å². The smallest absolute Gasteiger partial charge is 0.547 e. The van der Waals surface area contributed by atoms with Crippen LogP contribution < -0.4 is 24.0 Å². The van der Waals surface area contributed by atoms with Crippen LogP contribution >= 0.6 is 0 Å². The molecule has 2 heterocycles. The number of β-lactam (4-membered cyclic amide) rings is 1. The Morgan fingerprint density at radius 1 is 1.37 bits per heavy atom. The van der Waals surface area contributed by atoms with Gasteiger partial charge in [-0.3, -0.25) is 9.69 Å². The Morgan fingerprint density at radius 2 is 2.05 bits per heavy atom. The van der Waals surface area contributed by atoms with Gasteiger partial charge >= 0.3 is 18.9 Å². The molecule has 2 saturated heterocycles. The zero-order chi connectivity index (χ0) is 12.7. The van der Waals surface area contributed by atoms with Crippen LogP contribution in [0.4, 0.5) is 0 Å². The Kier molecular flexibility index (Phi) is 3.70. The molecule has 19 heavy (non-hydrogen) atoms. The third-order valence-corrected chi connectivity index (χ3v) is 3.10. The minimum atomic E-state index is -1.31. The van der Waals surface area contributed by atoms with Crippen LogP contribution in [-0.4, -0.2) is 29.0 Å². The molecule has 1 amide bonds. The molecule has 2 aliphatic rings. The standard InChI is InChI=1S/C13H11NO4.Li/c15-10-7-11-14(10)12(13(16)17)9(18-11)6-8-4-2-1-3-5-8;/h1-6,11-12H,7H2,(H,16,17);/q;+1/p-1/b9-6-;. The first-order valence-electron chi connectivity index (χ1n) is 5.62. The summed E-state index contributed by atoms with van der Waals surface area (Å²) in [6.45, 7) is 0. The van der Waals surface area contributed by atoms with E-state index in [9.17, 15) is 14.7 Å². The SMILES string of the molecule is O=C([O-])C1/C(=C/c2ccccc2)OC2CC(=O)N21.[Li+]. The summed E-state index contributed by atoms with van der Waals surface area (Å²) in [5.41, 5.74) is 0.827. The molecular weight excluding hydrogens is 241 g/mol. The fraction of sp³-hybridized carbons (Fsp3) is 0.231. The van der Waals surface area contributed by atoms with Crippen LogP contribution in [0.3, 0.4) is 0 Å². The van der Waals surface area contributed by atoms with E-state index in [1.54, 1.807) is 6.08 Å². The van der Waals surface area contributed by atoms with Gasteiger partial charge < -0.3 is 14.6 Å². The van der Waals surface area contributed by atoms with Crippen molar-refractivity contribution in [3.8, 4) is 0 Å². The molecule has 2 fully saturated rings. The number of amides is 1. The van der Waals surface area contributed by atoms with Crippen LogP contribution in [0.5, 0.6) is 0 Å². The summed E-state index contributed by atoms with van der Waals surface area (Å²) < 4.78 is 5.45. The van der Waals surface area contributed by atoms with Crippen LogP contribution in [0.25, 0.3) is 6.08 Å². The van der Waals surface area contributed by atoms with Crippen LogP contribution in [-0.2, 0) is 14.3 Å². The molecule has 0 aliphatic carbocycles. The molecular formula is C13H10LiNO4. The molecule has 2 atom stereocenters. The Bertz CT molecular complexity index is 543. The number of benzene rings is 1. The Balaban J connectivity index is 0.00000133. The molecule has 0 spiro atoms. The first-order valence-corrected chi connectivity index (χ1v) is 5.62. The average Bonchev–Trinajstić information content (AvgIpc) is 2.63. The number of carboxylic acid groups (broad SMARTS) is 1. The van der Waals surface area contributed by atoms with E-state index in [0.29, 0.717) is 0 Å². The summed E-state index contributed by atoms with van der Waals surface area (Å²) in [5.74, 6) is -1.27. The van der Waals surface area contributed by atoms with Crippen LogP contribution in [0, 0.1) is 0 Å². The average molecular weight is 251 g/mol. The molecule has 92 valence electrons. The number of carbonyl (C=O) groups is 2. The van der Waals surface area contributed by atoms with Gasteiger partial charge in [-0.1, -0.05) is 30.3 Å². The molecule has 5 nitrogen and oxygen atoms in total. The van der Waals surface area contributed by atoms with Gasteiger partial charge in [-0.25, -0.2) is 0 Å². The fourth-order valence-electron chi connectivity index (χ4n) is 2.22.